The number of hydrogen-bond acceptors (Lipinski definition) is 4. The number of nitrogens with one attached hydrogen (secondary N) is 2. The van der Waals surface area contributed by atoms with Gasteiger partial charge in [0.1, 0.15) is 6.33 Å². The van der Waals surface area contributed by atoms with Crippen molar-refractivity contribution in [3.8, 4) is 11.6 Å². The normalized spacial score (nSPS) is 11.0. The molecule has 2 aromatic heterocycles. The van der Waals surface area contributed by atoms with Crippen molar-refractivity contribution in [3.63, 3.8) is 0 Å². The Morgan fingerprint density at radius 1 is 1.00 bits per heavy atom. The number of aryl methyl sites for hydroxylation is 1. The number of anilines is 2. The van der Waals surface area contributed by atoms with Gasteiger partial charge in [0.2, 0.25) is 5.82 Å². The SMILES string of the molecule is Cc1cc2c(F)c(Oc3ncnc(Nc4ccccc4)c3F)cc(F)c2[nH]1. The summed E-state index contributed by atoms with van der Waals surface area (Å²) in [7, 11) is 0. The van der Waals surface area contributed by atoms with Crippen LogP contribution in [0.4, 0.5) is 24.7 Å². The number of halogens is 3. The summed E-state index contributed by atoms with van der Waals surface area (Å²) in [6, 6.07) is 11.1. The van der Waals surface area contributed by atoms with E-state index in [4.69, 9.17) is 4.74 Å². The highest BCUT2D eigenvalue weighted by atomic mass is 19.1. The van der Waals surface area contributed by atoms with E-state index in [-0.39, 0.29) is 16.7 Å². The maximum atomic E-state index is 14.7. The molecule has 0 amide bonds. The van der Waals surface area contributed by atoms with Crippen LogP contribution in [0.5, 0.6) is 11.6 Å². The maximum Gasteiger partial charge on any atom is 0.261 e. The molecule has 0 atom stereocenters. The molecule has 0 unspecified atom stereocenters. The average molecular weight is 370 g/mol. The first-order valence-electron chi connectivity index (χ1n) is 8.00. The molecule has 4 aromatic rings. The van der Waals surface area contributed by atoms with Crippen molar-refractivity contribution in [2.45, 2.75) is 6.92 Å². The van der Waals surface area contributed by atoms with E-state index in [2.05, 4.69) is 20.3 Å². The second-order valence-corrected chi connectivity index (χ2v) is 5.85. The highest BCUT2D eigenvalue weighted by molar-refractivity contribution is 5.83. The zero-order valence-corrected chi connectivity index (χ0v) is 14.1. The second-order valence-electron chi connectivity index (χ2n) is 5.85. The van der Waals surface area contributed by atoms with Gasteiger partial charge in [-0.25, -0.2) is 13.8 Å². The van der Waals surface area contributed by atoms with Gasteiger partial charge >= 0.3 is 0 Å². The lowest BCUT2D eigenvalue weighted by Crippen LogP contribution is -2.02. The summed E-state index contributed by atoms with van der Waals surface area (Å²) in [5.74, 6) is -3.59. The zero-order chi connectivity index (χ0) is 19.0. The molecule has 5 nitrogen and oxygen atoms in total. The largest absolute Gasteiger partial charge is 0.433 e. The number of aromatic nitrogens is 3. The Kier molecular flexibility index (Phi) is 4.15. The van der Waals surface area contributed by atoms with Gasteiger partial charge in [0.25, 0.3) is 5.88 Å². The van der Waals surface area contributed by atoms with Gasteiger partial charge in [-0.15, -0.1) is 0 Å². The molecule has 0 spiro atoms. The van der Waals surface area contributed by atoms with E-state index in [0.29, 0.717) is 11.4 Å². The van der Waals surface area contributed by atoms with Gasteiger partial charge in [-0.2, -0.15) is 9.37 Å². The first-order valence-corrected chi connectivity index (χ1v) is 8.00. The smallest absolute Gasteiger partial charge is 0.261 e. The van der Waals surface area contributed by atoms with Gasteiger partial charge in [-0.3, -0.25) is 0 Å². The molecule has 0 saturated heterocycles. The minimum atomic E-state index is -0.925. The van der Waals surface area contributed by atoms with E-state index < -0.39 is 29.1 Å². The first kappa shape index (κ1) is 16.9. The number of ether oxygens (including phenoxy) is 1. The highest BCUT2D eigenvalue weighted by Crippen LogP contribution is 2.33. The van der Waals surface area contributed by atoms with Crippen LogP contribution in [0.15, 0.2) is 48.8 Å². The molecule has 0 aliphatic rings. The number of benzene rings is 2. The van der Waals surface area contributed by atoms with Gasteiger partial charge in [0.05, 0.1) is 5.52 Å². The lowest BCUT2D eigenvalue weighted by atomic mass is 10.2. The van der Waals surface area contributed by atoms with Crippen molar-refractivity contribution in [1.29, 1.82) is 0 Å². The minimum absolute atomic E-state index is 0.0135. The van der Waals surface area contributed by atoms with E-state index in [1.165, 1.54) is 6.07 Å². The molecule has 2 aromatic carbocycles. The molecule has 136 valence electrons. The molecule has 2 N–H and O–H groups in total. The van der Waals surface area contributed by atoms with E-state index >= 15 is 0 Å². The van der Waals surface area contributed by atoms with Crippen molar-refractivity contribution in [3.05, 3.63) is 71.9 Å². The Bertz CT molecular complexity index is 1130. The van der Waals surface area contributed by atoms with Crippen molar-refractivity contribution < 1.29 is 17.9 Å². The average Bonchev–Trinajstić information content (AvgIpc) is 3.06. The van der Waals surface area contributed by atoms with E-state index in [1.807, 2.05) is 6.07 Å². The predicted octanol–water partition coefficient (Wildman–Crippen LogP) is 5.22. The molecular formula is C19H13F3N4O. The van der Waals surface area contributed by atoms with Crippen molar-refractivity contribution in [2.24, 2.45) is 0 Å². The van der Waals surface area contributed by atoms with Gasteiger partial charge in [-0.1, -0.05) is 18.2 Å². The van der Waals surface area contributed by atoms with Gasteiger partial charge in [0.15, 0.2) is 23.2 Å². The van der Waals surface area contributed by atoms with Crippen molar-refractivity contribution in [1.82, 2.24) is 15.0 Å². The van der Waals surface area contributed by atoms with E-state index in [0.717, 1.165) is 12.4 Å². The molecule has 8 heteroatoms. The van der Waals surface area contributed by atoms with Crippen molar-refractivity contribution >= 4 is 22.4 Å². The second kappa shape index (κ2) is 6.64. The van der Waals surface area contributed by atoms with Crippen LogP contribution in [-0.4, -0.2) is 15.0 Å². The van der Waals surface area contributed by atoms with E-state index in [1.54, 1.807) is 31.2 Å². The number of hydrogen-bond donors (Lipinski definition) is 2. The number of aromatic amines is 1. The number of fused-ring (bicyclic) bond motifs is 1. The fraction of sp³-hybridized carbons (Fsp3) is 0.0526. The fourth-order valence-corrected chi connectivity index (χ4v) is 2.68. The van der Waals surface area contributed by atoms with Crippen molar-refractivity contribution in [2.75, 3.05) is 5.32 Å². The summed E-state index contributed by atoms with van der Waals surface area (Å²) in [5, 5.41) is 2.79. The molecule has 0 bridgehead atoms. The monoisotopic (exact) mass is 370 g/mol. The predicted molar refractivity (Wildman–Crippen MR) is 94.7 cm³/mol. The molecule has 0 aliphatic carbocycles. The van der Waals surface area contributed by atoms with Gasteiger partial charge < -0.3 is 15.0 Å². The Morgan fingerprint density at radius 2 is 1.78 bits per heavy atom. The first-order chi connectivity index (χ1) is 13.0. The van der Waals surface area contributed by atoms with Crippen LogP contribution < -0.4 is 10.1 Å². The number of nitrogens with zero attached hydrogens (tertiary/aromatic N) is 2. The third-order valence-electron chi connectivity index (χ3n) is 3.90. The molecule has 2 heterocycles. The Labute approximate surface area is 151 Å². The Hall–Kier alpha value is -3.55. The Morgan fingerprint density at radius 3 is 2.56 bits per heavy atom. The summed E-state index contributed by atoms with van der Waals surface area (Å²) < 4.78 is 48.7. The highest BCUT2D eigenvalue weighted by Gasteiger charge is 2.19. The summed E-state index contributed by atoms with van der Waals surface area (Å²) in [5.41, 5.74) is 1.21. The minimum Gasteiger partial charge on any atom is -0.433 e. The fourth-order valence-electron chi connectivity index (χ4n) is 2.68. The molecule has 0 radical (unpaired) electrons. The summed E-state index contributed by atoms with van der Waals surface area (Å²) in [6.07, 6.45) is 1.07. The van der Waals surface area contributed by atoms with Gasteiger partial charge in [-0.05, 0) is 25.1 Å². The lowest BCUT2D eigenvalue weighted by molar-refractivity contribution is 0.397. The summed E-state index contributed by atoms with van der Waals surface area (Å²) in [6.45, 7) is 1.67. The van der Waals surface area contributed by atoms with Crippen LogP contribution >= 0.6 is 0 Å². The summed E-state index contributed by atoms with van der Waals surface area (Å²) >= 11 is 0. The molecular weight excluding hydrogens is 357 g/mol. The number of rotatable bonds is 4. The molecule has 0 aliphatic heterocycles. The summed E-state index contributed by atoms with van der Waals surface area (Å²) in [4.78, 5) is 10.2. The standard InChI is InChI=1S/C19H13F3N4O/c1-10-7-12-15(21)14(8-13(20)17(12)25-10)27-19-16(22)18(23-9-24-19)26-11-5-3-2-4-6-11/h2-9,25H,1H3,(H,23,24,26). The van der Waals surface area contributed by atoms with Crippen LogP contribution in [0.1, 0.15) is 5.69 Å². The topological polar surface area (TPSA) is 62.8 Å². The molecule has 27 heavy (non-hydrogen) atoms. The van der Waals surface area contributed by atoms with Crippen LogP contribution in [0.3, 0.4) is 0 Å². The van der Waals surface area contributed by atoms with E-state index in [9.17, 15) is 13.2 Å². The number of H-pyrrole nitrogens is 1. The molecule has 0 fully saturated rings. The van der Waals surface area contributed by atoms with Crippen LogP contribution in [0, 0.1) is 24.4 Å². The third kappa shape index (κ3) is 3.17. The van der Waals surface area contributed by atoms with Crippen LogP contribution in [-0.2, 0) is 0 Å². The third-order valence-corrected chi connectivity index (χ3v) is 3.90. The molecule has 0 saturated carbocycles. The van der Waals surface area contributed by atoms with Crippen LogP contribution in [0.2, 0.25) is 0 Å². The lowest BCUT2D eigenvalue weighted by Gasteiger charge is -2.11. The quantitative estimate of drug-likeness (QED) is 0.517. The Balaban J connectivity index is 1.70. The van der Waals surface area contributed by atoms with Gasteiger partial charge in [0, 0.05) is 22.8 Å². The zero-order valence-electron chi connectivity index (χ0n) is 14.1. The number of para-hydroxylation sites is 1. The van der Waals surface area contributed by atoms with Crippen LogP contribution in [0.25, 0.3) is 10.9 Å². The molecule has 4 rings (SSSR count). The maximum absolute atomic E-state index is 14.7.